The predicted octanol–water partition coefficient (Wildman–Crippen LogP) is 1.44. The number of benzene rings is 2. The Morgan fingerprint density at radius 2 is 1.68 bits per heavy atom. The molecule has 0 aromatic heterocycles. The molecule has 38 heavy (non-hydrogen) atoms. The van der Waals surface area contributed by atoms with Gasteiger partial charge >= 0.3 is 13.2 Å². The molecule has 2 aromatic carbocycles. The molecule has 1 saturated heterocycles. The van der Waals surface area contributed by atoms with Crippen LogP contribution < -0.4 is 10.6 Å². The van der Waals surface area contributed by atoms with Crippen molar-refractivity contribution >= 4 is 25.0 Å². The van der Waals surface area contributed by atoms with Crippen molar-refractivity contribution in [2.75, 3.05) is 20.3 Å². The number of nitrogens with one attached hydrogen (secondary N) is 2. The topological polar surface area (TPSA) is 137 Å². The van der Waals surface area contributed by atoms with Crippen LogP contribution in [-0.2, 0) is 32.1 Å². The highest BCUT2D eigenvalue weighted by molar-refractivity contribution is 6.43. The number of hydrogen-bond acceptors (Lipinski definition) is 7. The van der Waals surface area contributed by atoms with E-state index in [1.54, 1.807) is 7.11 Å². The van der Waals surface area contributed by atoms with Crippen molar-refractivity contribution in [3.05, 3.63) is 71.8 Å². The van der Waals surface area contributed by atoms with Crippen LogP contribution in [0.25, 0.3) is 0 Å². The van der Waals surface area contributed by atoms with E-state index in [4.69, 9.17) is 9.47 Å². The maximum absolute atomic E-state index is 13.7. The summed E-state index contributed by atoms with van der Waals surface area (Å²) in [5.74, 6) is -1.75. The van der Waals surface area contributed by atoms with Crippen LogP contribution >= 0.6 is 0 Å². The maximum Gasteiger partial charge on any atom is 0.475 e. The van der Waals surface area contributed by atoms with E-state index in [0.29, 0.717) is 38.8 Å². The Morgan fingerprint density at radius 3 is 2.32 bits per heavy atom. The van der Waals surface area contributed by atoms with Crippen molar-refractivity contribution < 1.29 is 33.9 Å². The minimum atomic E-state index is -1.74. The maximum atomic E-state index is 13.7. The van der Waals surface area contributed by atoms with Gasteiger partial charge in [0.15, 0.2) is 0 Å². The molecule has 1 aliphatic rings. The van der Waals surface area contributed by atoms with Gasteiger partial charge in [-0.25, -0.2) is 4.79 Å². The fourth-order valence-electron chi connectivity index (χ4n) is 4.48. The van der Waals surface area contributed by atoms with Crippen LogP contribution in [0, 0.1) is 0 Å². The molecule has 0 aliphatic carbocycles. The highest BCUT2D eigenvalue weighted by Gasteiger charge is 2.39. The summed E-state index contributed by atoms with van der Waals surface area (Å²) in [6.45, 7) is 0.820. The summed E-state index contributed by atoms with van der Waals surface area (Å²) in [5.41, 5.74) is 1.66. The quantitative estimate of drug-likeness (QED) is 0.229. The summed E-state index contributed by atoms with van der Waals surface area (Å²) in [6.07, 6.45) is 1.37. The number of methoxy groups -OCH3 is 1. The molecular formula is C27H36BN3O7. The molecule has 1 aliphatic heterocycles. The molecule has 204 valence electrons. The first-order valence-electron chi connectivity index (χ1n) is 12.9. The second kappa shape index (κ2) is 15.1. The molecule has 11 heteroatoms. The number of carbonyl (C=O) groups excluding carboxylic acids is 3. The first-order valence-corrected chi connectivity index (χ1v) is 12.9. The van der Waals surface area contributed by atoms with Crippen molar-refractivity contribution in [2.45, 2.75) is 56.7 Å². The minimum Gasteiger partial charge on any atom is -0.445 e. The van der Waals surface area contributed by atoms with E-state index in [0.717, 1.165) is 11.1 Å². The summed E-state index contributed by atoms with van der Waals surface area (Å²) in [5, 5.41) is 24.8. The van der Waals surface area contributed by atoms with Gasteiger partial charge in [-0.2, -0.15) is 0 Å². The van der Waals surface area contributed by atoms with Crippen LogP contribution in [-0.4, -0.2) is 78.3 Å². The van der Waals surface area contributed by atoms with Crippen LogP contribution in [0.3, 0.4) is 0 Å². The minimum absolute atomic E-state index is 0.0572. The Bertz CT molecular complexity index is 1030. The largest absolute Gasteiger partial charge is 0.475 e. The standard InChI is InChI=1S/C27H36BN3O7/c1-37-17-9-15-24(28(35)36)30-25(32)23-14-8-16-31(23)26(33)22(18-20-10-4-2-5-11-20)29-27(34)38-19-21-12-6-3-7-13-21/h2-7,10-13,22-24,35-36H,8-9,14-19H2,1H3,(H,29,34)(H,30,32)/t22-,23+,24?/m1/s1. The summed E-state index contributed by atoms with van der Waals surface area (Å²) < 4.78 is 10.3. The monoisotopic (exact) mass is 525 g/mol. The third kappa shape index (κ3) is 8.86. The van der Waals surface area contributed by atoms with Gasteiger partial charge in [-0.3, -0.25) is 9.59 Å². The lowest BCUT2D eigenvalue weighted by Crippen LogP contribution is -2.56. The second-order valence-electron chi connectivity index (χ2n) is 9.30. The molecule has 3 amide bonds. The van der Waals surface area contributed by atoms with Crippen molar-refractivity contribution in [1.29, 1.82) is 0 Å². The van der Waals surface area contributed by atoms with E-state index in [-0.39, 0.29) is 13.0 Å². The summed E-state index contributed by atoms with van der Waals surface area (Å²) in [6, 6.07) is 16.8. The lowest BCUT2D eigenvalue weighted by atomic mass is 9.76. The summed E-state index contributed by atoms with van der Waals surface area (Å²) in [4.78, 5) is 40.9. The Labute approximate surface area is 223 Å². The van der Waals surface area contributed by atoms with Gasteiger partial charge in [0, 0.05) is 26.7 Å². The fraction of sp³-hybridized carbons (Fsp3) is 0.444. The number of hydrogen-bond donors (Lipinski definition) is 4. The number of alkyl carbamates (subject to hydrolysis) is 1. The third-order valence-corrected chi connectivity index (χ3v) is 6.48. The van der Waals surface area contributed by atoms with Crippen LogP contribution in [0.1, 0.15) is 36.8 Å². The van der Waals surface area contributed by atoms with Gasteiger partial charge in [0.1, 0.15) is 18.7 Å². The zero-order chi connectivity index (χ0) is 27.3. The average molecular weight is 525 g/mol. The number of nitrogens with zero attached hydrogens (tertiary/aromatic N) is 1. The van der Waals surface area contributed by atoms with Gasteiger partial charge in [-0.15, -0.1) is 0 Å². The number of carbonyl (C=O) groups is 3. The van der Waals surface area contributed by atoms with Crippen molar-refractivity contribution in [2.24, 2.45) is 0 Å². The zero-order valence-electron chi connectivity index (χ0n) is 21.6. The van der Waals surface area contributed by atoms with Crippen LogP contribution in [0.2, 0.25) is 0 Å². The highest BCUT2D eigenvalue weighted by atomic mass is 16.5. The van der Waals surface area contributed by atoms with E-state index < -0.39 is 43.1 Å². The average Bonchev–Trinajstić information content (AvgIpc) is 3.42. The number of amides is 3. The van der Waals surface area contributed by atoms with E-state index in [1.165, 1.54) is 4.90 Å². The van der Waals surface area contributed by atoms with E-state index in [9.17, 15) is 24.4 Å². The van der Waals surface area contributed by atoms with Crippen molar-refractivity contribution in [3.8, 4) is 0 Å². The molecule has 0 radical (unpaired) electrons. The number of likely N-dealkylation sites (tertiary alicyclic amines) is 1. The van der Waals surface area contributed by atoms with Gasteiger partial charge in [-0.05, 0) is 36.8 Å². The Hall–Kier alpha value is -3.41. The first-order chi connectivity index (χ1) is 18.4. The zero-order valence-corrected chi connectivity index (χ0v) is 21.6. The Kier molecular flexibility index (Phi) is 11.6. The molecule has 3 atom stereocenters. The molecule has 0 spiro atoms. The highest BCUT2D eigenvalue weighted by Crippen LogP contribution is 2.20. The normalized spacial score (nSPS) is 16.4. The van der Waals surface area contributed by atoms with Gasteiger partial charge < -0.3 is 35.1 Å². The molecule has 10 nitrogen and oxygen atoms in total. The molecule has 0 bridgehead atoms. The smallest absolute Gasteiger partial charge is 0.445 e. The van der Waals surface area contributed by atoms with Crippen molar-refractivity contribution in [1.82, 2.24) is 15.5 Å². The predicted molar refractivity (Wildman–Crippen MR) is 142 cm³/mol. The molecule has 1 unspecified atom stereocenters. The molecule has 3 rings (SSSR count). The van der Waals surface area contributed by atoms with E-state index >= 15 is 0 Å². The molecule has 0 saturated carbocycles. The fourth-order valence-corrected chi connectivity index (χ4v) is 4.48. The van der Waals surface area contributed by atoms with Gasteiger partial charge in [-0.1, -0.05) is 60.7 Å². The van der Waals surface area contributed by atoms with Gasteiger partial charge in [0.25, 0.3) is 0 Å². The van der Waals surface area contributed by atoms with Gasteiger partial charge in [0.05, 0.1) is 5.94 Å². The van der Waals surface area contributed by atoms with Crippen molar-refractivity contribution in [3.63, 3.8) is 0 Å². The molecule has 1 fully saturated rings. The molecule has 4 N–H and O–H groups in total. The van der Waals surface area contributed by atoms with Gasteiger partial charge in [0.2, 0.25) is 11.8 Å². The Balaban J connectivity index is 1.69. The Morgan fingerprint density at radius 1 is 1.03 bits per heavy atom. The van der Waals surface area contributed by atoms with E-state index in [1.807, 2.05) is 60.7 Å². The van der Waals surface area contributed by atoms with E-state index in [2.05, 4.69) is 10.6 Å². The molecule has 1 heterocycles. The SMILES string of the molecule is COCCCC(NC(=O)[C@@H]1CCCN1C(=O)[C@@H](Cc1ccccc1)NC(=O)OCc1ccccc1)B(O)O. The van der Waals surface area contributed by atoms with Crippen LogP contribution in [0.5, 0.6) is 0 Å². The lowest BCUT2D eigenvalue weighted by Gasteiger charge is -2.30. The summed E-state index contributed by atoms with van der Waals surface area (Å²) in [7, 11) is -0.198. The molecular weight excluding hydrogens is 489 g/mol. The number of ether oxygens (including phenoxy) is 2. The lowest BCUT2D eigenvalue weighted by molar-refractivity contribution is -0.140. The third-order valence-electron chi connectivity index (χ3n) is 6.48. The number of rotatable bonds is 13. The first kappa shape index (κ1) is 29.2. The van der Waals surface area contributed by atoms with Crippen LogP contribution in [0.15, 0.2) is 60.7 Å². The summed E-state index contributed by atoms with van der Waals surface area (Å²) >= 11 is 0. The molecule has 2 aromatic rings. The second-order valence-corrected chi connectivity index (χ2v) is 9.30. The van der Waals surface area contributed by atoms with Crippen LogP contribution in [0.4, 0.5) is 4.79 Å².